The van der Waals surface area contributed by atoms with Gasteiger partial charge in [0.25, 0.3) is 5.91 Å². The molecule has 0 aliphatic heterocycles. The molecule has 0 atom stereocenters. The molecule has 2 rings (SSSR count). The predicted molar refractivity (Wildman–Crippen MR) is 96.1 cm³/mol. The summed E-state index contributed by atoms with van der Waals surface area (Å²) in [4.78, 5) is 14.2. The van der Waals surface area contributed by atoms with Gasteiger partial charge < -0.3 is 10.2 Å². The highest BCUT2D eigenvalue weighted by Crippen LogP contribution is 2.22. The lowest BCUT2D eigenvalue weighted by atomic mass is 9.94. The van der Waals surface area contributed by atoms with Gasteiger partial charge in [0, 0.05) is 28.5 Å². The summed E-state index contributed by atoms with van der Waals surface area (Å²) in [7, 11) is 1.80. The van der Waals surface area contributed by atoms with Crippen LogP contribution in [0.15, 0.2) is 36.0 Å². The fourth-order valence-electron chi connectivity index (χ4n) is 2.67. The minimum Gasteiger partial charge on any atom is -0.360 e. The Hall–Kier alpha value is -1.55. The number of amides is 1. The van der Waals surface area contributed by atoms with E-state index in [1.165, 1.54) is 12.6 Å². The molecule has 0 heterocycles. The van der Waals surface area contributed by atoms with Crippen LogP contribution in [0.25, 0.3) is 0 Å². The highest BCUT2D eigenvalue weighted by molar-refractivity contribution is 14.1. The monoisotopic (exact) mass is 409 g/mol. The summed E-state index contributed by atoms with van der Waals surface area (Å²) in [6.07, 6.45) is 7.14. The molecule has 0 saturated heterocycles. The topological polar surface area (TPSA) is 56.1 Å². The van der Waals surface area contributed by atoms with Crippen molar-refractivity contribution in [2.45, 2.75) is 38.1 Å². The number of carbonyl (C=O) groups excluding carboxylic acids is 1. The van der Waals surface area contributed by atoms with E-state index in [4.69, 9.17) is 0 Å². The number of benzene rings is 1. The van der Waals surface area contributed by atoms with Crippen molar-refractivity contribution in [2.75, 3.05) is 12.4 Å². The number of anilines is 1. The molecule has 0 aromatic heterocycles. The second-order valence-corrected chi connectivity index (χ2v) is 6.77. The van der Waals surface area contributed by atoms with Crippen LogP contribution < -0.4 is 5.32 Å². The molecular weight excluding hydrogens is 389 g/mol. The lowest BCUT2D eigenvalue weighted by Crippen LogP contribution is -2.39. The average molecular weight is 409 g/mol. The highest BCUT2D eigenvalue weighted by atomic mass is 127. The second-order valence-electron chi connectivity index (χ2n) is 5.53. The molecule has 0 unspecified atom stereocenters. The number of rotatable bonds is 4. The van der Waals surface area contributed by atoms with Gasteiger partial charge in [-0.05, 0) is 59.7 Å². The van der Waals surface area contributed by atoms with Gasteiger partial charge in [-0.1, -0.05) is 19.3 Å². The van der Waals surface area contributed by atoms with Crippen LogP contribution in [0, 0.1) is 14.9 Å². The minimum atomic E-state index is -0.201. The van der Waals surface area contributed by atoms with Crippen molar-refractivity contribution in [2.24, 2.45) is 0 Å². The van der Waals surface area contributed by atoms with Crippen molar-refractivity contribution in [3.8, 4) is 6.07 Å². The first kappa shape index (κ1) is 16.8. The molecule has 1 aliphatic carbocycles. The zero-order valence-electron chi connectivity index (χ0n) is 12.7. The molecular formula is C17H20IN3O. The Morgan fingerprint density at radius 2 is 1.95 bits per heavy atom. The molecule has 1 N–H and O–H groups in total. The fraction of sp³-hybridized carbons (Fsp3) is 0.412. The van der Waals surface area contributed by atoms with Crippen LogP contribution in [0.4, 0.5) is 5.69 Å². The van der Waals surface area contributed by atoms with Gasteiger partial charge in [0.1, 0.15) is 11.6 Å². The highest BCUT2D eigenvalue weighted by Gasteiger charge is 2.24. The summed E-state index contributed by atoms with van der Waals surface area (Å²) in [5.41, 5.74) is 1.01. The number of nitrogens with one attached hydrogen (secondary N) is 1. The van der Waals surface area contributed by atoms with Gasteiger partial charge in [0.2, 0.25) is 0 Å². The number of hydrogen-bond donors (Lipinski definition) is 1. The maximum atomic E-state index is 12.4. The van der Waals surface area contributed by atoms with Gasteiger partial charge in [-0.15, -0.1) is 0 Å². The number of nitrogens with zero attached hydrogens (tertiary/aromatic N) is 2. The van der Waals surface area contributed by atoms with Crippen LogP contribution >= 0.6 is 22.6 Å². The number of carbonyl (C=O) groups is 1. The molecule has 0 bridgehead atoms. The SMILES string of the molecule is CN(C(=O)/C(C#N)=C\Nc1ccc(I)cc1)C1CCCCC1. The van der Waals surface area contributed by atoms with Crippen LogP contribution in [0.2, 0.25) is 0 Å². The van der Waals surface area contributed by atoms with Gasteiger partial charge in [-0.25, -0.2) is 0 Å². The Labute approximate surface area is 145 Å². The van der Waals surface area contributed by atoms with Crippen LogP contribution in [-0.4, -0.2) is 23.9 Å². The molecule has 1 aliphatic rings. The third-order valence-corrected chi connectivity index (χ3v) is 4.74. The van der Waals surface area contributed by atoms with E-state index in [9.17, 15) is 10.1 Å². The van der Waals surface area contributed by atoms with E-state index in [0.717, 1.165) is 34.9 Å². The minimum absolute atomic E-state index is 0.145. The van der Waals surface area contributed by atoms with E-state index in [-0.39, 0.29) is 17.5 Å². The van der Waals surface area contributed by atoms with Crippen molar-refractivity contribution in [3.05, 3.63) is 39.6 Å². The zero-order chi connectivity index (χ0) is 15.9. The Bertz CT molecular complexity index is 583. The van der Waals surface area contributed by atoms with Crippen molar-refractivity contribution in [3.63, 3.8) is 0 Å². The predicted octanol–water partition coefficient (Wildman–Crippen LogP) is 3.90. The van der Waals surface area contributed by atoms with E-state index in [2.05, 4.69) is 27.9 Å². The smallest absolute Gasteiger partial charge is 0.266 e. The van der Waals surface area contributed by atoms with Crippen molar-refractivity contribution in [1.29, 1.82) is 5.26 Å². The number of nitriles is 1. The summed E-state index contributed by atoms with van der Waals surface area (Å²) in [5, 5.41) is 12.3. The normalized spacial score (nSPS) is 16.0. The molecule has 5 heteroatoms. The molecule has 0 radical (unpaired) electrons. The molecule has 1 amide bonds. The van der Waals surface area contributed by atoms with Gasteiger partial charge in [0.15, 0.2) is 0 Å². The van der Waals surface area contributed by atoms with Gasteiger partial charge in [-0.2, -0.15) is 5.26 Å². The first-order chi connectivity index (χ1) is 10.6. The lowest BCUT2D eigenvalue weighted by Gasteiger charge is -2.31. The standard InChI is InChI=1S/C17H20IN3O/c1-21(16-5-3-2-4-6-16)17(22)13(11-19)12-20-15-9-7-14(18)8-10-15/h7-10,12,16,20H,2-6H2,1H3/b13-12-. The maximum Gasteiger partial charge on any atom is 0.266 e. The average Bonchev–Trinajstić information content (AvgIpc) is 2.57. The quantitative estimate of drug-likeness (QED) is 0.466. The van der Waals surface area contributed by atoms with Gasteiger partial charge in [0.05, 0.1) is 0 Å². The maximum absolute atomic E-state index is 12.4. The summed E-state index contributed by atoms with van der Waals surface area (Å²) in [6.45, 7) is 0. The Morgan fingerprint density at radius 1 is 1.32 bits per heavy atom. The van der Waals surface area contributed by atoms with E-state index in [0.29, 0.717) is 0 Å². The van der Waals surface area contributed by atoms with E-state index >= 15 is 0 Å². The Kier molecular flexibility index (Phi) is 6.25. The van der Waals surface area contributed by atoms with Gasteiger partial charge in [-0.3, -0.25) is 4.79 Å². The molecule has 116 valence electrons. The first-order valence-corrected chi connectivity index (χ1v) is 8.59. The fourth-order valence-corrected chi connectivity index (χ4v) is 3.03. The number of likely N-dealkylation sites (N-methyl/N-ethyl adjacent to an activating group) is 1. The molecule has 1 saturated carbocycles. The van der Waals surface area contributed by atoms with Crippen molar-refractivity contribution in [1.82, 2.24) is 4.90 Å². The Balaban J connectivity index is 2.03. The molecule has 22 heavy (non-hydrogen) atoms. The third kappa shape index (κ3) is 4.47. The molecule has 1 fully saturated rings. The van der Waals surface area contributed by atoms with Gasteiger partial charge >= 0.3 is 0 Å². The molecule has 4 nitrogen and oxygen atoms in total. The van der Waals surface area contributed by atoms with E-state index in [1.807, 2.05) is 30.3 Å². The van der Waals surface area contributed by atoms with Crippen molar-refractivity contribution < 1.29 is 4.79 Å². The van der Waals surface area contributed by atoms with Crippen LogP contribution in [0.5, 0.6) is 0 Å². The molecule has 1 aromatic rings. The van der Waals surface area contributed by atoms with Crippen LogP contribution in [0.1, 0.15) is 32.1 Å². The number of hydrogen-bond acceptors (Lipinski definition) is 3. The lowest BCUT2D eigenvalue weighted by molar-refractivity contribution is -0.128. The first-order valence-electron chi connectivity index (χ1n) is 7.51. The van der Waals surface area contributed by atoms with Crippen LogP contribution in [-0.2, 0) is 4.79 Å². The summed E-state index contributed by atoms with van der Waals surface area (Å²) < 4.78 is 1.14. The van der Waals surface area contributed by atoms with Crippen molar-refractivity contribution >= 4 is 34.2 Å². The molecule has 0 spiro atoms. The number of halogens is 1. The summed E-state index contributed by atoms with van der Waals surface area (Å²) in [5.74, 6) is -0.201. The summed E-state index contributed by atoms with van der Waals surface area (Å²) in [6, 6.07) is 10.1. The Morgan fingerprint density at radius 3 is 2.55 bits per heavy atom. The third-order valence-electron chi connectivity index (χ3n) is 4.02. The van der Waals surface area contributed by atoms with Crippen LogP contribution in [0.3, 0.4) is 0 Å². The van der Waals surface area contributed by atoms with E-state index in [1.54, 1.807) is 11.9 Å². The summed E-state index contributed by atoms with van der Waals surface area (Å²) >= 11 is 2.23. The molecule has 1 aromatic carbocycles. The second kappa shape index (κ2) is 8.18. The zero-order valence-corrected chi connectivity index (χ0v) is 14.8. The van der Waals surface area contributed by atoms with E-state index < -0.39 is 0 Å². The largest absolute Gasteiger partial charge is 0.360 e.